The standard InChI is InChI=1S/C16H22F4N4O/c1-2-21-15(23-8-7-16(18,19)20)24-10-9-22-14(25)11-12-3-5-13(17)6-4-12/h3-6H,2,7-11H2,1H3,(H,22,25)(H2,21,23,24). The second-order valence-electron chi connectivity index (χ2n) is 5.21. The van der Waals surface area contributed by atoms with Gasteiger partial charge in [0.15, 0.2) is 5.96 Å². The Morgan fingerprint density at radius 1 is 1.08 bits per heavy atom. The zero-order valence-electron chi connectivity index (χ0n) is 13.9. The first-order valence-electron chi connectivity index (χ1n) is 7.90. The summed E-state index contributed by atoms with van der Waals surface area (Å²) < 4.78 is 49.1. The molecule has 3 N–H and O–H groups in total. The number of hydrogen-bond donors (Lipinski definition) is 3. The molecule has 0 atom stereocenters. The number of carbonyl (C=O) groups is 1. The van der Waals surface area contributed by atoms with Gasteiger partial charge in [-0.05, 0) is 24.6 Å². The molecule has 0 aliphatic heterocycles. The lowest BCUT2D eigenvalue weighted by molar-refractivity contribution is -0.132. The molecule has 0 aliphatic rings. The third-order valence-corrected chi connectivity index (χ3v) is 3.03. The topological polar surface area (TPSA) is 65.5 Å². The number of amides is 1. The summed E-state index contributed by atoms with van der Waals surface area (Å²) in [5, 5.41) is 8.33. The first kappa shape index (κ1) is 20.7. The van der Waals surface area contributed by atoms with Gasteiger partial charge in [0.25, 0.3) is 0 Å². The van der Waals surface area contributed by atoms with Crippen molar-refractivity contribution in [1.82, 2.24) is 16.0 Å². The van der Waals surface area contributed by atoms with Crippen molar-refractivity contribution in [3.8, 4) is 0 Å². The van der Waals surface area contributed by atoms with Crippen LogP contribution in [0.1, 0.15) is 18.9 Å². The molecular formula is C16H22F4N4O. The molecule has 0 unspecified atom stereocenters. The predicted molar refractivity (Wildman–Crippen MR) is 87.8 cm³/mol. The van der Waals surface area contributed by atoms with E-state index in [0.29, 0.717) is 18.7 Å². The maximum absolute atomic E-state index is 12.8. The van der Waals surface area contributed by atoms with Crippen molar-refractivity contribution in [2.45, 2.75) is 25.9 Å². The number of alkyl halides is 3. The zero-order valence-corrected chi connectivity index (χ0v) is 13.9. The van der Waals surface area contributed by atoms with Gasteiger partial charge in [0.1, 0.15) is 5.82 Å². The number of guanidine groups is 1. The van der Waals surface area contributed by atoms with Crippen molar-refractivity contribution in [2.24, 2.45) is 4.99 Å². The molecule has 0 saturated carbocycles. The van der Waals surface area contributed by atoms with Crippen LogP contribution < -0.4 is 16.0 Å². The van der Waals surface area contributed by atoms with E-state index in [-0.39, 0.29) is 37.2 Å². The van der Waals surface area contributed by atoms with Crippen LogP contribution in [0.25, 0.3) is 0 Å². The Labute approximate surface area is 143 Å². The molecule has 1 amide bonds. The molecule has 5 nitrogen and oxygen atoms in total. The SMILES string of the molecule is CCNC(=NCCC(F)(F)F)NCCNC(=O)Cc1ccc(F)cc1. The van der Waals surface area contributed by atoms with E-state index in [9.17, 15) is 22.4 Å². The molecule has 25 heavy (non-hydrogen) atoms. The summed E-state index contributed by atoms with van der Waals surface area (Å²) in [5.74, 6) is -0.332. The van der Waals surface area contributed by atoms with E-state index in [4.69, 9.17) is 0 Å². The fourth-order valence-corrected chi connectivity index (χ4v) is 1.87. The van der Waals surface area contributed by atoms with Crippen LogP contribution in [0.15, 0.2) is 29.3 Å². The van der Waals surface area contributed by atoms with Crippen LogP contribution in [-0.2, 0) is 11.2 Å². The average molecular weight is 362 g/mol. The van der Waals surface area contributed by atoms with Crippen LogP contribution in [0.4, 0.5) is 17.6 Å². The summed E-state index contributed by atoms with van der Waals surface area (Å²) >= 11 is 0. The fourth-order valence-electron chi connectivity index (χ4n) is 1.87. The first-order chi connectivity index (χ1) is 11.8. The van der Waals surface area contributed by atoms with E-state index < -0.39 is 12.6 Å². The number of rotatable bonds is 8. The number of carbonyl (C=O) groups excluding carboxylic acids is 1. The number of hydrogen-bond acceptors (Lipinski definition) is 2. The van der Waals surface area contributed by atoms with Gasteiger partial charge in [0.05, 0.1) is 19.4 Å². The van der Waals surface area contributed by atoms with Crippen molar-refractivity contribution in [3.63, 3.8) is 0 Å². The maximum atomic E-state index is 12.8. The molecule has 0 spiro atoms. The largest absolute Gasteiger partial charge is 0.390 e. The molecular weight excluding hydrogens is 340 g/mol. The molecule has 1 aromatic carbocycles. The molecule has 1 aromatic rings. The molecule has 1 rings (SSSR count). The zero-order chi connectivity index (χ0) is 18.7. The van der Waals surface area contributed by atoms with Crippen LogP contribution in [0, 0.1) is 5.82 Å². The summed E-state index contributed by atoms with van der Waals surface area (Å²) in [5.41, 5.74) is 0.689. The Hall–Kier alpha value is -2.32. The Bertz CT molecular complexity index is 558. The molecule has 0 radical (unpaired) electrons. The van der Waals surface area contributed by atoms with Gasteiger partial charge < -0.3 is 16.0 Å². The maximum Gasteiger partial charge on any atom is 0.390 e. The summed E-state index contributed by atoms with van der Waals surface area (Å²) in [6, 6.07) is 5.63. The van der Waals surface area contributed by atoms with Gasteiger partial charge in [-0.25, -0.2) is 4.39 Å². The van der Waals surface area contributed by atoms with Gasteiger partial charge >= 0.3 is 6.18 Å². The normalized spacial score (nSPS) is 12.0. The van der Waals surface area contributed by atoms with Crippen LogP contribution in [-0.4, -0.2) is 44.2 Å². The van der Waals surface area contributed by atoms with E-state index in [1.54, 1.807) is 6.92 Å². The third-order valence-electron chi connectivity index (χ3n) is 3.03. The van der Waals surface area contributed by atoms with Gasteiger partial charge in [-0.3, -0.25) is 9.79 Å². The molecule has 0 aliphatic carbocycles. The van der Waals surface area contributed by atoms with E-state index >= 15 is 0 Å². The molecule has 140 valence electrons. The number of nitrogens with one attached hydrogen (secondary N) is 3. The number of aliphatic imine (C=N–C) groups is 1. The van der Waals surface area contributed by atoms with Crippen LogP contribution in [0.3, 0.4) is 0 Å². The van der Waals surface area contributed by atoms with E-state index in [0.717, 1.165) is 0 Å². The number of nitrogens with zero attached hydrogens (tertiary/aromatic N) is 1. The highest BCUT2D eigenvalue weighted by atomic mass is 19.4. The summed E-state index contributed by atoms with van der Waals surface area (Å²) in [7, 11) is 0. The molecule has 0 bridgehead atoms. The van der Waals surface area contributed by atoms with Crippen molar-refractivity contribution in [2.75, 3.05) is 26.2 Å². The molecule has 0 heterocycles. The van der Waals surface area contributed by atoms with Gasteiger partial charge in [-0.15, -0.1) is 0 Å². The fraction of sp³-hybridized carbons (Fsp3) is 0.500. The van der Waals surface area contributed by atoms with Crippen molar-refractivity contribution in [1.29, 1.82) is 0 Å². The second-order valence-corrected chi connectivity index (χ2v) is 5.21. The van der Waals surface area contributed by atoms with E-state index in [1.807, 2.05) is 0 Å². The van der Waals surface area contributed by atoms with Crippen molar-refractivity contribution >= 4 is 11.9 Å². The Morgan fingerprint density at radius 3 is 2.32 bits per heavy atom. The van der Waals surface area contributed by atoms with E-state index in [1.165, 1.54) is 24.3 Å². The van der Waals surface area contributed by atoms with Gasteiger partial charge in [0, 0.05) is 19.6 Å². The first-order valence-corrected chi connectivity index (χ1v) is 7.90. The molecule has 9 heteroatoms. The lowest BCUT2D eigenvalue weighted by Crippen LogP contribution is -2.42. The van der Waals surface area contributed by atoms with Crippen molar-refractivity contribution < 1.29 is 22.4 Å². The minimum Gasteiger partial charge on any atom is -0.357 e. The minimum atomic E-state index is -4.24. The minimum absolute atomic E-state index is 0.125. The Morgan fingerprint density at radius 2 is 1.72 bits per heavy atom. The number of halogens is 4. The highest BCUT2D eigenvalue weighted by molar-refractivity contribution is 5.80. The van der Waals surface area contributed by atoms with Gasteiger partial charge in [-0.1, -0.05) is 12.1 Å². The lowest BCUT2D eigenvalue weighted by atomic mass is 10.1. The summed E-state index contributed by atoms with van der Waals surface area (Å²) in [6.45, 7) is 2.53. The van der Waals surface area contributed by atoms with E-state index in [2.05, 4.69) is 20.9 Å². The number of benzene rings is 1. The highest BCUT2D eigenvalue weighted by Gasteiger charge is 2.26. The molecule has 0 saturated heterocycles. The third kappa shape index (κ3) is 10.2. The van der Waals surface area contributed by atoms with Crippen LogP contribution in [0.5, 0.6) is 0 Å². The quantitative estimate of drug-likeness (QED) is 0.287. The van der Waals surface area contributed by atoms with Crippen LogP contribution >= 0.6 is 0 Å². The summed E-state index contributed by atoms with van der Waals surface area (Å²) in [4.78, 5) is 15.6. The van der Waals surface area contributed by atoms with Gasteiger partial charge in [-0.2, -0.15) is 13.2 Å². The Kier molecular flexibility index (Phi) is 8.73. The Balaban J connectivity index is 2.29. The molecule has 0 fully saturated rings. The van der Waals surface area contributed by atoms with Crippen molar-refractivity contribution in [3.05, 3.63) is 35.6 Å². The smallest absolute Gasteiger partial charge is 0.357 e. The monoisotopic (exact) mass is 362 g/mol. The van der Waals surface area contributed by atoms with Crippen LogP contribution in [0.2, 0.25) is 0 Å². The van der Waals surface area contributed by atoms with Gasteiger partial charge in [0.2, 0.25) is 5.91 Å². The average Bonchev–Trinajstić information content (AvgIpc) is 2.52. The lowest BCUT2D eigenvalue weighted by Gasteiger charge is -2.12. The summed E-state index contributed by atoms with van der Waals surface area (Å²) in [6.07, 6.45) is -5.10. The second kappa shape index (κ2) is 10.5. The predicted octanol–water partition coefficient (Wildman–Crippen LogP) is 1.99. The highest BCUT2D eigenvalue weighted by Crippen LogP contribution is 2.18. The molecule has 0 aromatic heterocycles.